The molecule has 5 nitrogen and oxygen atoms in total. The minimum atomic E-state index is -0.266. The lowest BCUT2D eigenvalue weighted by Gasteiger charge is -2.17. The van der Waals surface area contributed by atoms with E-state index in [9.17, 15) is 4.39 Å². The Kier molecular flexibility index (Phi) is 4.38. The summed E-state index contributed by atoms with van der Waals surface area (Å²) in [7, 11) is 1.53. The average Bonchev–Trinajstić information content (AvgIpc) is 2.46. The van der Waals surface area contributed by atoms with Crippen LogP contribution in [0, 0.1) is 5.82 Å². The van der Waals surface area contributed by atoms with Crippen LogP contribution in [0.5, 0.6) is 5.88 Å². The number of nitrogens with zero attached hydrogens (tertiary/aromatic N) is 2. The van der Waals surface area contributed by atoms with Gasteiger partial charge in [0.2, 0.25) is 5.88 Å². The Hall–Kier alpha value is -2.05. The van der Waals surface area contributed by atoms with Gasteiger partial charge in [0, 0.05) is 12.4 Å². The van der Waals surface area contributed by atoms with Crippen LogP contribution >= 0.6 is 0 Å². The number of aromatic nitrogens is 2. The van der Waals surface area contributed by atoms with Crippen molar-refractivity contribution in [1.29, 1.82) is 0 Å². The summed E-state index contributed by atoms with van der Waals surface area (Å²) < 4.78 is 18.0. The summed E-state index contributed by atoms with van der Waals surface area (Å²) in [5.41, 5.74) is 4.24. The summed E-state index contributed by atoms with van der Waals surface area (Å²) in [5, 5.41) is 0. The highest BCUT2D eigenvalue weighted by molar-refractivity contribution is 5.25. The number of ether oxygens (including phenoxy) is 1. The first-order chi connectivity index (χ1) is 9.24. The molecule has 0 aliphatic rings. The van der Waals surface area contributed by atoms with Crippen LogP contribution in [-0.4, -0.2) is 17.1 Å². The minimum absolute atomic E-state index is 0.255. The number of hydrogen-bond donors (Lipinski definition) is 2. The molecule has 2 aromatic rings. The molecule has 0 saturated carbocycles. The molecule has 19 heavy (non-hydrogen) atoms. The Balaban J connectivity index is 2.22. The summed E-state index contributed by atoms with van der Waals surface area (Å²) in [6, 6.07) is 5.99. The van der Waals surface area contributed by atoms with Gasteiger partial charge in [0.1, 0.15) is 11.5 Å². The molecule has 0 radical (unpaired) electrons. The molecular formula is C13H15FN4O. The van der Waals surface area contributed by atoms with Crippen LogP contribution < -0.4 is 16.0 Å². The first-order valence-corrected chi connectivity index (χ1v) is 5.80. The molecule has 3 N–H and O–H groups in total. The van der Waals surface area contributed by atoms with Crippen molar-refractivity contribution in [2.45, 2.75) is 12.5 Å². The molecule has 0 bridgehead atoms. The van der Waals surface area contributed by atoms with E-state index in [0.29, 0.717) is 18.0 Å². The Bertz CT molecular complexity index is 532. The zero-order valence-corrected chi connectivity index (χ0v) is 10.5. The maximum Gasteiger partial charge on any atom is 0.237 e. The van der Waals surface area contributed by atoms with Crippen LogP contribution in [0.1, 0.15) is 17.3 Å². The summed E-state index contributed by atoms with van der Waals surface area (Å²) in [5.74, 6) is 5.72. The van der Waals surface area contributed by atoms with Gasteiger partial charge < -0.3 is 4.74 Å². The number of halogens is 1. The highest BCUT2D eigenvalue weighted by Crippen LogP contribution is 2.22. The molecule has 0 saturated heterocycles. The van der Waals surface area contributed by atoms with Crippen molar-refractivity contribution in [2.75, 3.05) is 7.11 Å². The molecule has 2 rings (SSSR count). The van der Waals surface area contributed by atoms with Crippen LogP contribution in [0.2, 0.25) is 0 Å². The first kappa shape index (κ1) is 13.4. The molecule has 0 fully saturated rings. The van der Waals surface area contributed by atoms with Gasteiger partial charge in [0.05, 0.1) is 13.2 Å². The normalized spacial score (nSPS) is 12.2. The lowest BCUT2D eigenvalue weighted by Crippen LogP contribution is -2.30. The van der Waals surface area contributed by atoms with E-state index in [-0.39, 0.29) is 11.9 Å². The number of nitrogens with two attached hydrogens (primary N) is 1. The molecular weight excluding hydrogens is 247 g/mol. The molecule has 1 heterocycles. The van der Waals surface area contributed by atoms with Gasteiger partial charge in [-0.05, 0) is 24.1 Å². The molecule has 0 aliphatic heterocycles. The highest BCUT2D eigenvalue weighted by atomic mass is 19.1. The van der Waals surface area contributed by atoms with Crippen molar-refractivity contribution in [2.24, 2.45) is 5.84 Å². The van der Waals surface area contributed by atoms with Crippen LogP contribution in [0.15, 0.2) is 36.7 Å². The zero-order valence-electron chi connectivity index (χ0n) is 10.5. The smallest absolute Gasteiger partial charge is 0.237 e. The van der Waals surface area contributed by atoms with E-state index in [2.05, 4.69) is 15.4 Å². The number of rotatable bonds is 5. The van der Waals surface area contributed by atoms with E-state index < -0.39 is 0 Å². The predicted molar refractivity (Wildman–Crippen MR) is 68.8 cm³/mol. The topological polar surface area (TPSA) is 73.1 Å². The van der Waals surface area contributed by atoms with E-state index in [1.807, 2.05) is 0 Å². The first-order valence-electron chi connectivity index (χ1n) is 5.80. The second-order valence-electron chi connectivity index (χ2n) is 4.00. The van der Waals surface area contributed by atoms with E-state index in [4.69, 9.17) is 10.6 Å². The number of hydrazine groups is 1. The van der Waals surface area contributed by atoms with Crippen molar-refractivity contribution < 1.29 is 9.13 Å². The van der Waals surface area contributed by atoms with Crippen LogP contribution in [0.3, 0.4) is 0 Å². The number of nitrogens with one attached hydrogen (secondary N) is 1. The largest absolute Gasteiger partial charge is 0.480 e. The Morgan fingerprint density at radius 3 is 2.58 bits per heavy atom. The van der Waals surface area contributed by atoms with Gasteiger partial charge in [0.15, 0.2) is 0 Å². The Morgan fingerprint density at radius 2 is 1.95 bits per heavy atom. The Morgan fingerprint density at radius 1 is 1.26 bits per heavy atom. The molecule has 6 heteroatoms. The van der Waals surface area contributed by atoms with Crippen molar-refractivity contribution >= 4 is 0 Å². The summed E-state index contributed by atoms with van der Waals surface area (Å²) in [6.45, 7) is 0. The van der Waals surface area contributed by atoms with Crippen molar-refractivity contribution in [3.8, 4) is 5.88 Å². The van der Waals surface area contributed by atoms with E-state index in [1.165, 1.54) is 19.2 Å². The molecule has 1 aromatic heterocycles. The molecule has 1 unspecified atom stereocenters. The van der Waals surface area contributed by atoms with Gasteiger partial charge in [-0.1, -0.05) is 12.1 Å². The second-order valence-corrected chi connectivity index (χ2v) is 4.00. The minimum Gasteiger partial charge on any atom is -0.480 e. The monoisotopic (exact) mass is 262 g/mol. The third-order valence-corrected chi connectivity index (χ3v) is 2.77. The third kappa shape index (κ3) is 3.24. The van der Waals surface area contributed by atoms with Gasteiger partial charge in [0.25, 0.3) is 0 Å². The summed E-state index contributed by atoms with van der Waals surface area (Å²) in [4.78, 5) is 8.31. The lowest BCUT2D eigenvalue weighted by atomic mass is 10.0. The van der Waals surface area contributed by atoms with Crippen molar-refractivity contribution in [3.63, 3.8) is 0 Å². The molecule has 0 amide bonds. The van der Waals surface area contributed by atoms with Crippen molar-refractivity contribution in [1.82, 2.24) is 15.4 Å². The summed E-state index contributed by atoms with van der Waals surface area (Å²) >= 11 is 0. The maximum absolute atomic E-state index is 12.9. The van der Waals surface area contributed by atoms with Crippen LogP contribution in [-0.2, 0) is 6.42 Å². The van der Waals surface area contributed by atoms with E-state index >= 15 is 0 Å². The van der Waals surface area contributed by atoms with Gasteiger partial charge in [-0.15, -0.1) is 0 Å². The molecule has 1 aromatic carbocycles. The van der Waals surface area contributed by atoms with E-state index in [0.717, 1.165) is 5.56 Å². The number of benzene rings is 1. The predicted octanol–water partition coefficient (Wildman–Crippen LogP) is 1.37. The van der Waals surface area contributed by atoms with Gasteiger partial charge in [-0.2, -0.15) is 0 Å². The SMILES string of the molecule is COc1nccnc1C(Cc1ccc(F)cc1)NN. The third-order valence-electron chi connectivity index (χ3n) is 2.77. The van der Waals surface area contributed by atoms with Gasteiger partial charge in [-0.25, -0.2) is 9.37 Å². The highest BCUT2D eigenvalue weighted by Gasteiger charge is 2.17. The molecule has 0 aliphatic carbocycles. The van der Waals surface area contributed by atoms with Gasteiger partial charge >= 0.3 is 0 Å². The Labute approximate surface area is 110 Å². The maximum atomic E-state index is 12.9. The lowest BCUT2D eigenvalue weighted by molar-refractivity contribution is 0.377. The van der Waals surface area contributed by atoms with E-state index in [1.54, 1.807) is 24.5 Å². The average molecular weight is 262 g/mol. The summed E-state index contributed by atoms with van der Waals surface area (Å²) in [6.07, 6.45) is 3.69. The van der Waals surface area contributed by atoms with Crippen molar-refractivity contribution in [3.05, 3.63) is 53.7 Å². The second kappa shape index (κ2) is 6.21. The fraction of sp³-hybridized carbons (Fsp3) is 0.231. The molecule has 0 spiro atoms. The number of methoxy groups -OCH3 is 1. The molecule has 1 atom stereocenters. The van der Waals surface area contributed by atoms with Crippen LogP contribution in [0.4, 0.5) is 4.39 Å². The quantitative estimate of drug-likeness (QED) is 0.629. The fourth-order valence-electron chi connectivity index (χ4n) is 1.82. The zero-order chi connectivity index (χ0) is 13.7. The van der Waals surface area contributed by atoms with Gasteiger partial charge in [-0.3, -0.25) is 16.3 Å². The number of hydrogen-bond acceptors (Lipinski definition) is 5. The fourth-order valence-corrected chi connectivity index (χ4v) is 1.82. The van der Waals surface area contributed by atoms with Crippen LogP contribution in [0.25, 0.3) is 0 Å². The molecule has 100 valence electrons. The standard InChI is InChI=1S/C13H15FN4O/c1-19-13-12(16-6-7-17-13)11(18-15)8-9-2-4-10(14)5-3-9/h2-7,11,18H,8,15H2,1H3.